The monoisotopic (exact) mass is 218 g/mol. The standard InChI is InChI=1S/C11H10N2O3/c1-16-11(15)8-6-7(2-4-9(8)12)3-5-10(13)14/h2,4,6H,12H2,1H3,(H2,13,14). The van der Waals surface area contributed by atoms with Crippen LogP contribution in [0.5, 0.6) is 0 Å². The number of primary amides is 1. The van der Waals surface area contributed by atoms with Gasteiger partial charge in [-0.05, 0) is 24.1 Å². The third kappa shape index (κ3) is 2.75. The van der Waals surface area contributed by atoms with Crippen LogP contribution >= 0.6 is 0 Å². The molecule has 1 aromatic rings. The average molecular weight is 218 g/mol. The maximum Gasteiger partial charge on any atom is 0.339 e. The molecule has 1 aromatic carbocycles. The molecule has 16 heavy (non-hydrogen) atoms. The van der Waals surface area contributed by atoms with Gasteiger partial charge >= 0.3 is 5.97 Å². The molecule has 0 saturated carbocycles. The first-order chi connectivity index (χ1) is 7.54. The lowest BCUT2D eigenvalue weighted by Gasteiger charge is -2.03. The fourth-order valence-electron chi connectivity index (χ4n) is 1.05. The minimum atomic E-state index is -0.739. The topological polar surface area (TPSA) is 95.4 Å². The molecule has 0 aliphatic carbocycles. The number of rotatable bonds is 1. The van der Waals surface area contributed by atoms with Crippen LogP contribution in [-0.4, -0.2) is 19.0 Å². The first-order valence-corrected chi connectivity index (χ1v) is 4.34. The molecule has 0 aliphatic heterocycles. The Kier molecular flexibility index (Phi) is 3.51. The predicted octanol–water partition coefficient (Wildman–Crippen LogP) is -0.108. The van der Waals surface area contributed by atoms with E-state index < -0.39 is 11.9 Å². The molecule has 0 aromatic heterocycles. The fraction of sp³-hybridized carbons (Fsp3) is 0.0909. The smallest absolute Gasteiger partial charge is 0.339 e. The van der Waals surface area contributed by atoms with E-state index in [2.05, 4.69) is 16.6 Å². The van der Waals surface area contributed by atoms with Crippen LogP contribution in [0.1, 0.15) is 15.9 Å². The van der Waals surface area contributed by atoms with Gasteiger partial charge in [0.15, 0.2) is 0 Å². The Bertz CT molecular complexity index is 498. The molecular formula is C11H10N2O3. The van der Waals surface area contributed by atoms with E-state index in [-0.39, 0.29) is 11.3 Å². The molecule has 5 heteroatoms. The summed E-state index contributed by atoms with van der Waals surface area (Å²) in [5.74, 6) is 3.37. The van der Waals surface area contributed by atoms with Crippen molar-refractivity contribution in [1.82, 2.24) is 0 Å². The highest BCUT2D eigenvalue weighted by Crippen LogP contribution is 2.14. The summed E-state index contributed by atoms with van der Waals surface area (Å²) in [6, 6.07) is 4.53. The molecule has 0 spiro atoms. The van der Waals surface area contributed by atoms with Gasteiger partial charge < -0.3 is 16.2 Å². The van der Waals surface area contributed by atoms with Gasteiger partial charge in [-0.1, -0.05) is 5.92 Å². The zero-order valence-corrected chi connectivity index (χ0v) is 8.61. The van der Waals surface area contributed by atoms with Crippen molar-refractivity contribution in [1.29, 1.82) is 0 Å². The second kappa shape index (κ2) is 4.84. The van der Waals surface area contributed by atoms with Crippen LogP contribution in [0.4, 0.5) is 5.69 Å². The third-order valence-corrected chi connectivity index (χ3v) is 1.79. The molecule has 0 radical (unpaired) electrons. The number of amides is 1. The van der Waals surface area contributed by atoms with E-state index in [9.17, 15) is 9.59 Å². The van der Waals surface area contributed by atoms with E-state index in [4.69, 9.17) is 11.5 Å². The summed E-state index contributed by atoms with van der Waals surface area (Å²) in [5.41, 5.74) is 11.4. The van der Waals surface area contributed by atoms with E-state index in [0.29, 0.717) is 5.56 Å². The lowest BCUT2D eigenvalue weighted by molar-refractivity contribution is -0.112. The maximum absolute atomic E-state index is 11.3. The Hall–Kier alpha value is -2.48. The molecule has 1 rings (SSSR count). The van der Waals surface area contributed by atoms with Gasteiger partial charge in [-0.25, -0.2) is 4.79 Å². The summed E-state index contributed by atoms with van der Waals surface area (Å²) in [4.78, 5) is 21.7. The maximum atomic E-state index is 11.3. The summed E-state index contributed by atoms with van der Waals surface area (Å²) in [5, 5.41) is 0. The largest absolute Gasteiger partial charge is 0.465 e. The number of nitrogen functional groups attached to an aromatic ring is 1. The summed E-state index contributed by atoms with van der Waals surface area (Å²) >= 11 is 0. The Balaban J connectivity index is 3.14. The number of benzene rings is 1. The van der Waals surface area contributed by atoms with Crippen LogP contribution < -0.4 is 11.5 Å². The Morgan fingerprint density at radius 1 is 1.38 bits per heavy atom. The van der Waals surface area contributed by atoms with Crippen molar-refractivity contribution in [2.24, 2.45) is 5.73 Å². The number of nitrogens with two attached hydrogens (primary N) is 2. The highest BCUT2D eigenvalue weighted by atomic mass is 16.5. The summed E-state index contributed by atoms with van der Waals surface area (Å²) in [6.45, 7) is 0. The predicted molar refractivity (Wildman–Crippen MR) is 58.3 cm³/mol. The number of carbonyl (C=O) groups excluding carboxylic acids is 2. The summed E-state index contributed by atoms with van der Waals surface area (Å²) in [6.07, 6.45) is 0. The van der Waals surface area contributed by atoms with Crippen LogP contribution in [-0.2, 0) is 9.53 Å². The molecule has 0 aliphatic rings. The molecule has 0 saturated heterocycles. The molecular weight excluding hydrogens is 208 g/mol. The quantitative estimate of drug-likeness (QED) is 0.390. The lowest BCUT2D eigenvalue weighted by Crippen LogP contribution is -2.07. The highest BCUT2D eigenvalue weighted by Gasteiger charge is 2.09. The number of methoxy groups -OCH3 is 1. The van der Waals surface area contributed by atoms with Gasteiger partial charge in [-0.3, -0.25) is 4.79 Å². The molecule has 82 valence electrons. The van der Waals surface area contributed by atoms with Crippen LogP contribution in [0.15, 0.2) is 18.2 Å². The number of hydrogen-bond acceptors (Lipinski definition) is 4. The zero-order valence-electron chi connectivity index (χ0n) is 8.61. The minimum absolute atomic E-state index is 0.207. The lowest BCUT2D eigenvalue weighted by atomic mass is 10.1. The average Bonchev–Trinajstić information content (AvgIpc) is 2.27. The van der Waals surface area contributed by atoms with Crippen LogP contribution in [0.2, 0.25) is 0 Å². The molecule has 0 atom stereocenters. The van der Waals surface area contributed by atoms with E-state index in [1.165, 1.54) is 19.2 Å². The van der Waals surface area contributed by atoms with Gasteiger partial charge in [0.05, 0.1) is 12.7 Å². The molecule has 4 N–H and O–H groups in total. The summed E-state index contributed by atoms with van der Waals surface area (Å²) in [7, 11) is 1.25. The van der Waals surface area contributed by atoms with Crippen LogP contribution in [0.3, 0.4) is 0 Å². The first-order valence-electron chi connectivity index (χ1n) is 4.34. The number of carbonyl (C=O) groups is 2. The molecule has 5 nitrogen and oxygen atoms in total. The second-order valence-electron chi connectivity index (χ2n) is 2.91. The second-order valence-corrected chi connectivity index (χ2v) is 2.91. The van der Waals surface area contributed by atoms with Crippen molar-refractivity contribution >= 4 is 17.6 Å². The van der Waals surface area contributed by atoms with Crippen molar-refractivity contribution in [2.45, 2.75) is 0 Å². The van der Waals surface area contributed by atoms with E-state index >= 15 is 0 Å². The minimum Gasteiger partial charge on any atom is -0.465 e. The molecule has 0 unspecified atom stereocenters. The van der Waals surface area contributed by atoms with Crippen LogP contribution in [0.25, 0.3) is 0 Å². The third-order valence-electron chi connectivity index (χ3n) is 1.79. The Morgan fingerprint density at radius 3 is 2.62 bits per heavy atom. The SMILES string of the molecule is COC(=O)c1cc(C#CC(N)=O)ccc1N. The van der Waals surface area contributed by atoms with Gasteiger partial charge in [-0.15, -0.1) is 0 Å². The van der Waals surface area contributed by atoms with Crippen molar-refractivity contribution < 1.29 is 14.3 Å². The van der Waals surface area contributed by atoms with Gasteiger partial charge in [0.1, 0.15) is 0 Å². The van der Waals surface area contributed by atoms with Crippen molar-refractivity contribution in [3.8, 4) is 11.8 Å². The van der Waals surface area contributed by atoms with E-state index in [0.717, 1.165) is 0 Å². The molecule has 0 fully saturated rings. The van der Waals surface area contributed by atoms with E-state index in [1.807, 2.05) is 0 Å². The fourth-order valence-corrected chi connectivity index (χ4v) is 1.05. The van der Waals surface area contributed by atoms with Crippen LogP contribution in [0, 0.1) is 11.8 Å². The highest BCUT2D eigenvalue weighted by molar-refractivity contribution is 5.96. The van der Waals surface area contributed by atoms with E-state index in [1.54, 1.807) is 6.07 Å². The molecule has 1 amide bonds. The van der Waals surface area contributed by atoms with Crippen molar-refractivity contribution in [3.63, 3.8) is 0 Å². The van der Waals surface area contributed by atoms with Gasteiger partial charge in [-0.2, -0.15) is 0 Å². The van der Waals surface area contributed by atoms with Crippen molar-refractivity contribution in [2.75, 3.05) is 12.8 Å². The number of anilines is 1. The normalized spacial score (nSPS) is 8.81. The zero-order chi connectivity index (χ0) is 12.1. The summed E-state index contributed by atoms with van der Waals surface area (Å²) < 4.78 is 4.54. The Morgan fingerprint density at radius 2 is 2.06 bits per heavy atom. The molecule has 0 bridgehead atoms. The Labute approximate surface area is 92.4 Å². The number of hydrogen-bond donors (Lipinski definition) is 2. The van der Waals surface area contributed by atoms with Gasteiger partial charge in [0.2, 0.25) is 0 Å². The first kappa shape index (κ1) is 11.6. The van der Waals surface area contributed by atoms with Gasteiger partial charge in [0.25, 0.3) is 5.91 Å². The number of ether oxygens (including phenoxy) is 1. The van der Waals surface area contributed by atoms with Gasteiger partial charge in [0, 0.05) is 11.3 Å². The van der Waals surface area contributed by atoms with Crippen molar-refractivity contribution in [3.05, 3.63) is 29.3 Å². The molecule has 0 heterocycles. The number of esters is 1.